The van der Waals surface area contributed by atoms with Gasteiger partial charge in [-0.2, -0.15) is 0 Å². The Labute approximate surface area is 106 Å². The Bertz CT molecular complexity index is 308. The van der Waals surface area contributed by atoms with Crippen LogP contribution in [0.1, 0.15) is 12.8 Å². The number of hydrogen-bond acceptors (Lipinski definition) is 0. The fourth-order valence-electron chi connectivity index (χ4n) is 1.55. The number of rotatable bonds is 2. The molecule has 0 aromatic rings. The number of allylic oxidation sites excluding steroid dienone is 8. The molecule has 0 N–H and O–H groups in total. The van der Waals surface area contributed by atoms with Gasteiger partial charge in [-0.25, -0.2) is 0 Å². The molecule has 0 radical (unpaired) electrons. The molecular weight excluding hydrogens is 267 g/mol. The van der Waals surface area contributed by atoms with Crippen molar-refractivity contribution in [2.24, 2.45) is 0 Å². The van der Waals surface area contributed by atoms with E-state index < -0.39 is 16.6 Å². The molecule has 0 amide bonds. The maximum atomic E-state index is 2.33. The second kappa shape index (κ2) is 6.86. The Morgan fingerprint density at radius 3 is 1.64 bits per heavy atom. The first kappa shape index (κ1) is 14.5. The van der Waals surface area contributed by atoms with E-state index >= 15 is 0 Å². The zero-order valence-electron chi connectivity index (χ0n) is 7.84. The van der Waals surface area contributed by atoms with Crippen LogP contribution in [0.15, 0.2) is 44.2 Å². The van der Waals surface area contributed by atoms with Crippen molar-refractivity contribution in [3.63, 3.8) is 0 Å². The molecule has 0 aromatic carbocycles. The van der Waals surface area contributed by atoms with Crippen molar-refractivity contribution in [2.75, 3.05) is 0 Å². The molecule has 0 unspecified atom stereocenters. The van der Waals surface area contributed by atoms with Crippen LogP contribution in [-0.4, -0.2) is 7.63 Å². The zero-order valence-corrected chi connectivity index (χ0v) is 12.3. The van der Waals surface area contributed by atoms with E-state index in [2.05, 4.69) is 44.1 Å². The Balaban J connectivity index is 0.000000845. The molecule has 2 aliphatic carbocycles. The van der Waals surface area contributed by atoms with E-state index in [1.165, 1.54) is 12.8 Å². The summed E-state index contributed by atoms with van der Waals surface area (Å²) in [6.07, 6.45) is 16.1. The summed E-state index contributed by atoms with van der Waals surface area (Å²) in [5.41, 5.74) is 0. The Hall–Kier alpha value is 0.471. The molecule has 14 heavy (non-hydrogen) atoms. The van der Waals surface area contributed by atoms with Gasteiger partial charge in [-0.05, 0) is 0 Å². The fourth-order valence-corrected chi connectivity index (χ4v) is 6.42. The van der Waals surface area contributed by atoms with Gasteiger partial charge in [0.1, 0.15) is 0 Å². The van der Waals surface area contributed by atoms with Crippen molar-refractivity contribution < 1.29 is 41.4 Å². The first-order valence-corrected chi connectivity index (χ1v) is 9.87. The van der Waals surface area contributed by atoms with Crippen molar-refractivity contribution in [1.82, 2.24) is 0 Å². The van der Waals surface area contributed by atoms with Crippen LogP contribution >= 0.6 is 0 Å². The van der Waals surface area contributed by atoms with Gasteiger partial charge in [-0.1, -0.05) is 0 Å². The molecule has 0 fully saturated rings. The predicted octanol–water partition coefficient (Wildman–Crippen LogP) is -4.15. The minimum absolute atomic E-state index is 0. The van der Waals surface area contributed by atoms with Crippen LogP contribution in [0.5, 0.6) is 0 Å². The minimum atomic E-state index is -0.954. The molecule has 2 rings (SSSR count). The van der Waals surface area contributed by atoms with Gasteiger partial charge in [0.05, 0.1) is 0 Å². The average Bonchev–Trinajstić information content (AvgIpc) is 2.77. The third-order valence-electron chi connectivity index (χ3n) is 2.32. The summed E-state index contributed by atoms with van der Waals surface area (Å²) in [5, 5.41) is 0. The topological polar surface area (TPSA) is 0 Å². The summed E-state index contributed by atoms with van der Waals surface area (Å²) in [7, 11) is 2.26. The average molecular weight is 279 g/mol. The third kappa shape index (κ3) is 3.25. The van der Waals surface area contributed by atoms with E-state index in [0.29, 0.717) is 0 Å². The summed E-state index contributed by atoms with van der Waals surface area (Å²) in [6.45, 7) is 0. The summed E-state index contributed by atoms with van der Waals surface area (Å²) in [4.78, 5) is 0. The van der Waals surface area contributed by atoms with Gasteiger partial charge in [-0.3, -0.25) is 0 Å². The normalized spacial score (nSPS) is 16.2. The van der Waals surface area contributed by atoms with Crippen LogP contribution < -0.4 is 24.8 Å². The molecule has 0 aromatic heterocycles. The summed E-state index contributed by atoms with van der Waals surface area (Å²) in [5.74, 6) is 0. The van der Waals surface area contributed by atoms with Gasteiger partial charge < -0.3 is 24.8 Å². The summed E-state index contributed by atoms with van der Waals surface area (Å²) >= 11 is -0.954. The van der Waals surface area contributed by atoms with Crippen molar-refractivity contribution in [2.45, 2.75) is 12.8 Å². The third-order valence-corrected chi connectivity index (χ3v) is 9.64. The molecule has 0 aliphatic heterocycles. The van der Waals surface area contributed by atoms with Crippen molar-refractivity contribution >= 4 is 7.63 Å². The second-order valence-corrected chi connectivity index (χ2v) is 9.54. The van der Waals surface area contributed by atoms with Gasteiger partial charge in [0.25, 0.3) is 0 Å². The van der Waals surface area contributed by atoms with Crippen LogP contribution in [0, 0.1) is 0 Å². The summed E-state index contributed by atoms with van der Waals surface area (Å²) < 4.78 is 3.48. The molecule has 0 atom stereocenters. The van der Waals surface area contributed by atoms with Crippen LogP contribution in [0.2, 0.25) is 0 Å². The van der Waals surface area contributed by atoms with Crippen LogP contribution in [0.4, 0.5) is 0 Å². The molecule has 74 valence electrons. The molecule has 0 saturated heterocycles. The van der Waals surface area contributed by atoms with Gasteiger partial charge in [-0.15, -0.1) is 0 Å². The van der Waals surface area contributed by atoms with E-state index in [1.807, 2.05) is 0 Å². The predicted molar refractivity (Wildman–Crippen MR) is 52.2 cm³/mol. The van der Waals surface area contributed by atoms with E-state index in [0.717, 1.165) is 0 Å². The van der Waals surface area contributed by atoms with Crippen molar-refractivity contribution in [3.8, 4) is 0 Å². The van der Waals surface area contributed by atoms with E-state index in [-0.39, 0.29) is 24.8 Å². The van der Waals surface area contributed by atoms with Gasteiger partial charge in [0.15, 0.2) is 0 Å². The molecule has 0 saturated carbocycles. The van der Waals surface area contributed by atoms with Gasteiger partial charge in [0, 0.05) is 0 Å². The molecule has 4 heteroatoms. The quantitative estimate of drug-likeness (QED) is 0.450. The number of hydrogen-bond donors (Lipinski definition) is 0. The Morgan fingerprint density at radius 1 is 0.929 bits per heavy atom. The molecule has 0 nitrogen and oxygen atoms in total. The fraction of sp³-hybridized carbons (Fsp3) is 0.200. The molecule has 0 spiro atoms. The van der Waals surface area contributed by atoms with Gasteiger partial charge >= 0.3 is 81.3 Å². The Kier molecular flexibility index (Phi) is 7.09. The van der Waals surface area contributed by atoms with Crippen LogP contribution in [-0.2, 0) is 16.6 Å². The first-order valence-electron chi connectivity index (χ1n) is 4.29. The zero-order chi connectivity index (χ0) is 8.39. The van der Waals surface area contributed by atoms with Crippen molar-refractivity contribution in [3.05, 3.63) is 44.2 Å². The van der Waals surface area contributed by atoms with Crippen LogP contribution in [0.3, 0.4) is 0 Å². The number of halogens is 2. The van der Waals surface area contributed by atoms with E-state index in [4.69, 9.17) is 0 Å². The standard InChI is InChI=1S/2C5H5.2ClH.H2Si.Ti/c2*1-2-4-5-3-1;;;;/h2*1-3H,4H2;2*1H;1H2;/q;;;;;+2/p-2. The Morgan fingerprint density at radius 2 is 1.36 bits per heavy atom. The van der Waals surface area contributed by atoms with E-state index in [1.54, 1.807) is 7.76 Å². The monoisotopic (exact) mass is 278 g/mol. The second-order valence-electron chi connectivity index (χ2n) is 3.13. The molecule has 0 bridgehead atoms. The maximum absolute atomic E-state index is 2.33. The van der Waals surface area contributed by atoms with E-state index in [9.17, 15) is 0 Å². The van der Waals surface area contributed by atoms with Crippen LogP contribution in [0.25, 0.3) is 0 Å². The van der Waals surface area contributed by atoms with Gasteiger partial charge in [0.2, 0.25) is 0 Å². The summed E-state index contributed by atoms with van der Waals surface area (Å²) in [6, 6.07) is 0. The first-order chi connectivity index (χ1) is 5.88. The van der Waals surface area contributed by atoms with Crippen molar-refractivity contribution in [1.29, 1.82) is 0 Å². The SMILES string of the molecule is [Cl-].[Cl-].[SiH2]=[Ti+2]([C]1=CC=CC1)[C]1=CC=CC1. The molecule has 2 aliphatic rings. The molecule has 0 heterocycles. The molecular formula is C10H12Cl2SiTi.